The van der Waals surface area contributed by atoms with Crippen LogP contribution in [0.25, 0.3) is 90.9 Å². The first-order chi connectivity index (χ1) is 30.2. The second-order valence-electron chi connectivity index (χ2n) is 14.5. The summed E-state index contributed by atoms with van der Waals surface area (Å²) in [5.41, 5.74) is 7.41. The molecule has 2 aliphatic heterocycles. The molecule has 0 saturated carbocycles. The van der Waals surface area contributed by atoms with E-state index in [1.165, 1.54) is 97.1 Å². The Morgan fingerprint density at radius 3 is 0.662 bits per heavy atom. The van der Waals surface area contributed by atoms with Gasteiger partial charge in [0.25, 0.3) is 40.5 Å². The predicted octanol–water partition coefficient (Wildman–Crippen LogP) is 7.39. The number of hydrogen-bond donors (Lipinski definition) is 6. The molecule has 0 radical (unpaired) electrons. The van der Waals surface area contributed by atoms with Crippen molar-refractivity contribution in [2.75, 3.05) is 0 Å². The number of rotatable bonds is 8. The molecule has 0 atom stereocenters. The lowest BCUT2D eigenvalue weighted by molar-refractivity contribution is 0.481. The molecule has 0 unspecified atom stereocenters. The zero-order valence-corrected chi connectivity index (χ0v) is 35.7. The maximum atomic E-state index is 12.0. The van der Waals surface area contributed by atoms with Crippen LogP contribution in [0.15, 0.2) is 141 Å². The quantitative estimate of drug-likeness (QED) is 0.0640. The van der Waals surface area contributed by atoms with Crippen LogP contribution in [0.5, 0.6) is 0 Å². The number of aromatic nitrogens is 4. The summed E-state index contributed by atoms with van der Waals surface area (Å²) >= 11 is 0. The fourth-order valence-electron chi connectivity index (χ4n) is 7.59. The predicted molar refractivity (Wildman–Crippen MR) is 248 cm³/mol. The number of nitrogens with one attached hydrogen (secondary N) is 2. The minimum Gasteiger partial charge on any atom is -0.354 e. The van der Waals surface area contributed by atoms with Crippen molar-refractivity contribution in [3.63, 3.8) is 0 Å². The summed E-state index contributed by atoms with van der Waals surface area (Å²) in [4.78, 5) is 15.6. The maximum Gasteiger partial charge on any atom is 0.316 e. The van der Waals surface area contributed by atoms with E-state index in [1.54, 1.807) is 48.6 Å². The lowest BCUT2D eigenvalue weighted by atomic mass is 10.0. The molecule has 326 valence electrons. The number of nitrogens with zero attached hydrogens (tertiary/aromatic N) is 2. The van der Waals surface area contributed by atoms with Gasteiger partial charge < -0.3 is 9.97 Å². The Morgan fingerprint density at radius 2 is 0.492 bits per heavy atom. The fraction of sp³-hybridized carbons (Fsp3) is 0. The molecule has 0 fully saturated rings. The van der Waals surface area contributed by atoms with Gasteiger partial charge in [0.1, 0.15) is 0 Å². The fourth-order valence-corrected chi connectivity index (χ4v) is 9.51. The molecule has 9 rings (SSSR count). The third-order valence-electron chi connectivity index (χ3n) is 10.5. The standard InChI is InChI=1S/C44H30N4O12S4.Mg.2H/c49-61(50,51)29-9-1-25(2-10-29)41-33-17-19-35(45-33)42(26-3-11-30(12-4-26)62(52,53)54)37-21-23-39(47-37)44(28-7-15-32(16-8-28)64(58,59)60)40-24-22-38(48-40)43(36-20-18-34(41)46-36)27-5-13-31(14-6-27)63(55,56)57;;;/h1-24,45,48H,(H,49,50,51)(H,52,53,54)(H,55,56,57)(H,58,59,60);;;. The monoisotopic (exact) mass is 960 g/mol. The molecule has 3 aromatic heterocycles. The number of fused-ring (bicyclic) bond motifs is 8. The van der Waals surface area contributed by atoms with Gasteiger partial charge in [0.2, 0.25) is 0 Å². The van der Waals surface area contributed by atoms with E-state index < -0.39 is 40.5 Å². The van der Waals surface area contributed by atoms with Crippen LogP contribution < -0.4 is 0 Å². The van der Waals surface area contributed by atoms with Crippen molar-refractivity contribution in [2.45, 2.75) is 19.6 Å². The van der Waals surface area contributed by atoms with Crippen LogP contribution in [0, 0.1) is 0 Å². The van der Waals surface area contributed by atoms with E-state index in [1.807, 2.05) is 0 Å². The summed E-state index contributed by atoms with van der Waals surface area (Å²) in [6.07, 6.45) is 6.92. The Kier molecular flexibility index (Phi) is 11.7. The van der Waals surface area contributed by atoms with Crippen molar-refractivity contribution in [3.05, 3.63) is 144 Å². The minimum atomic E-state index is -4.55. The second kappa shape index (κ2) is 16.7. The molecule has 2 aliphatic rings. The van der Waals surface area contributed by atoms with Gasteiger partial charge in [-0.05, 0) is 119 Å². The lowest BCUT2D eigenvalue weighted by Gasteiger charge is -2.08. The van der Waals surface area contributed by atoms with Crippen molar-refractivity contribution >= 4 is 110 Å². The SMILES string of the molecule is O=S(=O)(O)c1ccc(-c2c3nc(c(-c4ccc(S(=O)(=O)O)cc4)c4ccc([nH]4)c(-c4ccc(S(=O)(=O)O)cc4)c4nc(c(-c5ccc(S(=O)(=O)O)cc5)c5ccc2[nH]5)C=C4)C=C3)cc1.[MgH2]. The molecule has 0 spiro atoms. The summed E-state index contributed by atoms with van der Waals surface area (Å²) in [7, 11) is -18.2. The number of aromatic amines is 2. The third-order valence-corrected chi connectivity index (χ3v) is 14.0. The highest BCUT2D eigenvalue weighted by atomic mass is 32.2. The summed E-state index contributed by atoms with van der Waals surface area (Å²) < 4.78 is 135. The summed E-state index contributed by atoms with van der Waals surface area (Å²) in [6, 6.07) is 29.0. The van der Waals surface area contributed by atoms with E-state index in [2.05, 4.69) is 9.97 Å². The Balaban J connectivity index is 0.00000576. The molecule has 0 amide bonds. The molecular formula is C44H32MgN4O12S4. The molecule has 5 heterocycles. The van der Waals surface area contributed by atoms with E-state index in [4.69, 9.17) is 9.97 Å². The van der Waals surface area contributed by atoms with Crippen molar-refractivity contribution in [1.29, 1.82) is 0 Å². The van der Waals surface area contributed by atoms with Crippen LogP contribution in [0.3, 0.4) is 0 Å². The first-order valence-electron chi connectivity index (χ1n) is 18.7. The van der Waals surface area contributed by atoms with Gasteiger partial charge in [-0.15, -0.1) is 0 Å². The Morgan fingerprint density at radius 1 is 0.308 bits per heavy atom. The minimum absolute atomic E-state index is 0. The van der Waals surface area contributed by atoms with Crippen LogP contribution in [-0.4, -0.2) is 94.9 Å². The van der Waals surface area contributed by atoms with E-state index in [0.29, 0.717) is 89.4 Å². The van der Waals surface area contributed by atoms with Crippen molar-refractivity contribution in [1.82, 2.24) is 19.9 Å². The lowest BCUT2D eigenvalue weighted by Crippen LogP contribution is -1.98. The molecule has 0 saturated heterocycles. The highest BCUT2D eigenvalue weighted by Crippen LogP contribution is 2.39. The van der Waals surface area contributed by atoms with E-state index in [0.717, 1.165) is 0 Å². The Hall–Kier alpha value is -6.11. The summed E-state index contributed by atoms with van der Waals surface area (Å²) in [5, 5.41) is 0. The number of benzene rings is 4. The molecule has 65 heavy (non-hydrogen) atoms. The van der Waals surface area contributed by atoms with Gasteiger partial charge in [-0.2, -0.15) is 33.7 Å². The van der Waals surface area contributed by atoms with Gasteiger partial charge in [-0.1, -0.05) is 48.5 Å². The van der Waals surface area contributed by atoms with Crippen LogP contribution in [0.2, 0.25) is 0 Å². The van der Waals surface area contributed by atoms with Gasteiger partial charge in [0.05, 0.1) is 42.4 Å². The van der Waals surface area contributed by atoms with Gasteiger partial charge in [0.15, 0.2) is 0 Å². The molecular weight excluding hydrogens is 929 g/mol. The molecule has 0 aliphatic carbocycles. The third kappa shape index (κ3) is 8.98. The number of H-pyrrole nitrogens is 2. The number of hydrogen-bond acceptors (Lipinski definition) is 10. The molecule has 4 aromatic carbocycles. The Bertz CT molecular complexity index is 3300. The van der Waals surface area contributed by atoms with E-state index in [9.17, 15) is 51.9 Å². The van der Waals surface area contributed by atoms with Gasteiger partial charge in [0, 0.05) is 44.3 Å². The highest BCUT2D eigenvalue weighted by Gasteiger charge is 2.21. The van der Waals surface area contributed by atoms with E-state index in [-0.39, 0.29) is 42.6 Å². The Labute approximate surface area is 387 Å². The van der Waals surface area contributed by atoms with E-state index >= 15 is 0 Å². The summed E-state index contributed by atoms with van der Waals surface area (Å²) in [6.45, 7) is 0. The first kappa shape index (κ1) is 45.5. The first-order valence-corrected chi connectivity index (χ1v) is 24.5. The van der Waals surface area contributed by atoms with Crippen LogP contribution >= 0.6 is 0 Å². The molecule has 21 heteroatoms. The topological polar surface area (TPSA) is 275 Å². The van der Waals surface area contributed by atoms with Crippen LogP contribution in [-0.2, 0) is 40.5 Å². The summed E-state index contributed by atoms with van der Waals surface area (Å²) in [5.74, 6) is 0. The van der Waals surface area contributed by atoms with Gasteiger partial charge in [-0.25, -0.2) is 9.97 Å². The average molecular weight is 961 g/mol. The van der Waals surface area contributed by atoms with Crippen LogP contribution in [0.4, 0.5) is 0 Å². The average Bonchev–Trinajstić information content (AvgIpc) is 4.08. The molecule has 8 bridgehead atoms. The van der Waals surface area contributed by atoms with Crippen LogP contribution in [0.1, 0.15) is 22.8 Å². The zero-order valence-electron chi connectivity index (χ0n) is 32.4. The zero-order chi connectivity index (χ0) is 45.3. The second-order valence-corrected chi connectivity index (χ2v) is 20.2. The molecule has 16 nitrogen and oxygen atoms in total. The molecule has 7 aromatic rings. The normalized spacial score (nSPS) is 12.9. The molecule has 6 N–H and O–H groups in total. The smallest absolute Gasteiger partial charge is 0.316 e. The van der Waals surface area contributed by atoms with Crippen molar-refractivity contribution in [2.24, 2.45) is 0 Å². The largest absolute Gasteiger partial charge is 0.354 e. The maximum absolute atomic E-state index is 12.0. The highest BCUT2D eigenvalue weighted by molar-refractivity contribution is 7.86. The van der Waals surface area contributed by atoms with Crippen molar-refractivity contribution < 1.29 is 51.9 Å². The van der Waals surface area contributed by atoms with Gasteiger partial charge >= 0.3 is 23.1 Å². The van der Waals surface area contributed by atoms with Gasteiger partial charge in [-0.3, -0.25) is 18.2 Å². The van der Waals surface area contributed by atoms with Crippen molar-refractivity contribution in [3.8, 4) is 44.5 Å².